The summed E-state index contributed by atoms with van der Waals surface area (Å²) < 4.78 is 22.9. The van der Waals surface area contributed by atoms with Gasteiger partial charge in [-0.05, 0) is 38.5 Å². The van der Waals surface area contributed by atoms with Gasteiger partial charge in [0.25, 0.3) is 0 Å². The van der Waals surface area contributed by atoms with E-state index in [2.05, 4.69) is 26.0 Å². The number of allylic oxidation sites excluding steroid dienone is 2. The van der Waals surface area contributed by atoms with Crippen LogP contribution in [0.5, 0.6) is 0 Å². The lowest BCUT2D eigenvalue weighted by Gasteiger charge is -2.26. The molecule has 0 spiro atoms. The number of esters is 2. The van der Waals surface area contributed by atoms with Gasteiger partial charge in [0.15, 0.2) is 12.4 Å². The number of likely N-dealkylation sites (N-methyl/N-ethyl adjacent to an activating group) is 1. The Bertz CT molecular complexity index is 1410. The van der Waals surface area contributed by atoms with Crippen LogP contribution in [0.1, 0.15) is 406 Å². The van der Waals surface area contributed by atoms with Crippen molar-refractivity contribution in [3.8, 4) is 0 Å². The number of carbonyl (C=O) groups is 3. The molecule has 0 radical (unpaired) electrons. The molecule has 0 aromatic heterocycles. The van der Waals surface area contributed by atoms with Gasteiger partial charge in [0.2, 0.25) is 0 Å². The summed E-state index contributed by atoms with van der Waals surface area (Å²) in [6.45, 7) is 4.84. The Morgan fingerprint density at radius 1 is 0.337 bits per heavy atom. The maximum atomic E-state index is 13.0. The summed E-state index contributed by atoms with van der Waals surface area (Å²) in [7, 11) is 5.95. The molecule has 9 nitrogen and oxygen atoms in total. The van der Waals surface area contributed by atoms with Crippen LogP contribution >= 0.6 is 0 Å². The zero-order chi connectivity index (χ0) is 62.6. The topological polar surface area (TPSA) is 111 Å². The minimum Gasteiger partial charge on any atom is -0.545 e. The van der Waals surface area contributed by atoms with Gasteiger partial charge < -0.3 is 33.3 Å². The molecule has 510 valence electrons. The fourth-order valence-corrected chi connectivity index (χ4v) is 11.9. The summed E-state index contributed by atoms with van der Waals surface area (Å²) in [5, 5.41) is 11.8. The molecule has 86 heavy (non-hydrogen) atoms. The fourth-order valence-electron chi connectivity index (χ4n) is 11.9. The first-order chi connectivity index (χ1) is 42.1. The molecule has 0 fully saturated rings. The SMILES string of the molecule is CCCCCCCCCC/C=C\CCCCCCCCCCCCCCCCCCCC(=O)OC(COC(=O)CCCCCCCCCCCCCCCCCCCCCCCCCCCCCCCCCC)COC(OCC[N+](C)(C)C)C(=O)[O-]. The van der Waals surface area contributed by atoms with Gasteiger partial charge in [-0.3, -0.25) is 9.59 Å². The molecule has 0 saturated carbocycles. The second-order valence-corrected chi connectivity index (χ2v) is 27.7. The van der Waals surface area contributed by atoms with Crippen molar-refractivity contribution in [1.82, 2.24) is 0 Å². The predicted molar refractivity (Wildman–Crippen MR) is 367 cm³/mol. The lowest BCUT2D eigenvalue weighted by Crippen LogP contribution is -2.44. The highest BCUT2D eigenvalue weighted by molar-refractivity contribution is 5.70. The van der Waals surface area contributed by atoms with E-state index in [1.54, 1.807) is 0 Å². The molecule has 0 rings (SSSR count). The number of unbranched alkanes of at least 4 members (excludes halogenated alkanes) is 56. The van der Waals surface area contributed by atoms with Crippen LogP contribution in [0.25, 0.3) is 0 Å². The van der Waals surface area contributed by atoms with Gasteiger partial charge in [-0.1, -0.05) is 366 Å². The highest BCUT2D eigenvalue weighted by Gasteiger charge is 2.22. The summed E-state index contributed by atoms with van der Waals surface area (Å²) in [5.41, 5.74) is 0. The predicted octanol–water partition coefficient (Wildman–Crippen LogP) is 22.6. The molecule has 0 amide bonds. The second-order valence-electron chi connectivity index (χ2n) is 27.7. The second kappa shape index (κ2) is 68.9. The van der Waals surface area contributed by atoms with Crippen LogP contribution in [-0.2, 0) is 33.3 Å². The van der Waals surface area contributed by atoms with Crippen LogP contribution in [0.15, 0.2) is 12.2 Å². The van der Waals surface area contributed by atoms with Gasteiger partial charge in [-0.25, -0.2) is 0 Å². The molecule has 0 aliphatic rings. The van der Waals surface area contributed by atoms with Crippen molar-refractivity contribution in [2.45, 2.75) is 418 Å². The minimum atomic E-state index is -1.62. The number of hydrogen-bond donors (Lipinski definition) is 0. The number of carboxylic acids is 1. The lowest BCUT2D eigenvalue weighted by molar-refractivity contribution is -0.870. The van der Waals surface area contributed by atoms with Crippen molar-refractivity contribution < 1.29 is 42.9 Å². The molecule has 2 unspecified atom stereocenters. The van der Waals surface area contributed by atoms with Crippen molar-refractivity contribution >= 4 is 17.9 Å². The van der Waals surface area contributed by atoms with E-state index in [0.29, 0.717) is 17.4 Å². The largest absolute Gasteiger partial charge is 0.545 e. The summed E-state index contributed by atoms with van der Waals surface area (Å²) in [6, 6.07) is 0. The number of carbonyl (C=O) groups excluding carboxylic acids is 3. The van der Waals surface area contributed by atoms with E-state index in [9.17, 15) is 19.5 Å². The molecular formula is C77H149NO8. The van der Waals surface area contributed by atoms with E-state index in [-0.39, 0.29) is 32.2 Å². The highest BCUT2D eigenvalue weighted by atomic mass is 16.7. The first-order valence-corrected chi connectivity index (χ1v) is 38.3. The first kappa shape index (κ1) is 84.0. The first-order valence-electron chi connectivity index (χ1n) is 38.3. The zero-order valence-electron chi connectivity index (χ0n) is 58.5. The van der Waals surface area contributed by atoms with Gasteiger partial charge in [0.05, 0.1) is 40.3 Å². The van der Waals surface area contributed by atoms with Crippen LogP contribution in [0, 0.1) is 0 Å². The Kier molecular flexibility index (Phi) is 67.4. The summed E-state index contributed by atoms with van der Waals surface area (Å²) >= 11 is 0. The van der Waals surface area contributed by atoms with Crippen LogP contribution in [0.3, 0.4) is 0 Å². The molecule has 2 atom stereocenters. The molecule has 0 aliphatic carbocycles. The third-order valence-corrected chi connectivity index (χ3v) is 17.8. The Balaban J connectivity index is 3.99. The molecule has 0 N–H and O–H groups in total. The molecule has 0 heterocycles. The third-order valence-electron chi connectivity index (χ3n) is 17.8. The number of nitrogens with zero attached hydrogens (tertiary/aromatic N) is 1. The van der Waals surface area contributed by atoms with E-state index in [0.717, 1.165) is 38.5 Å². The fraction of sp³-hybridized carbons (Fsp3) is 0.935. The van der Waals surface area contributed by atoms with Crippen LogP contribution in [-0.4, -0.2) is 82.3 Å². The van der Waals surface area contributed by atoms with E-state index in [4.69, 9.17) is 18.9 Å². The Morgan fingerprint density at radius 2 is 0.593 bits per heavy atom. The monoisotopic (exact) mass is 1220 g/mol. The Morgan fingerprint density at radius 3 is 0.860 bits per heavy atom. The number of aliphatic carboxylic acids is 1. The van der Waals surface area contributed by atoms with Crippen LogP contribution < -0.4 is 5.11 Å². The van der Waals surface area contributed by atoms with Crippen molar-refractivity contribution in [2.75, 3.05) is 47.5 Å². The van der Waals surface area contributed by atoms with E-state index >= 15 is 0 Å². The van der Waals surface area contributed by atoms with E-state index in [1.807, 2.05) is 21.1 Å². The molecular weight excluding hydrogens is 1070 g/mol. The smallest absolute Gasteiger partial charge is 0.306 e. The lowest BCUT2D eigenvalue weighted by atomic mass is 10.0. The molecule has 0 aliphatic heterocycles. The van der Waals surface area contributed by atoms with Gasteiger partial charge in [-0.15, -0.1) is 0 Å². The maximum absolute atomic E-state index is 13.0. The van der Waals surface area contributed by atoms with Gasteiger partial charge >= 0.3 is 11.9 Å². The number of quaternary nitrogens is 1. The molecule has 0 saturated heterocycles. The number of ether oxygens (including phenoxy) is 4. The third kappa shape index (κ3) is 69.5. The minimum absolute atomic E-state index is 0.153. The van der Waals surface area contributed by atoms with Crippen LogP contribution in [0.4, 0.5) is 0 Å². The summed E-state index contributed by atoms with van der Waals surface area (Å²) in [5.74, 6) is -2.24. The average molecular weight is 1220 g/mol. The van der Waals surface area contributed by atoms with E-state index < -0.39 is 24.3 Å². The molecule has 9 heteroatoms. The van der Waals surface area contributed by atoms with Crippen molar-refractivity contribution in [3.05, 3.63) is 12.2 Å². The molecule has 0 bridgehead atoms. The normalized spacial score (nSPS) is 12.6. The number of hydrogen-bond acceptors (Lipinski definition) is 8. The van der Waals surface area contributed by atoms with Crippen LogP contribution in [0.2, 0.25) is 0 Å². The molecule has 0 aromatic rings. The Labute approximate surface area is 535 Å². The standard InChI is InChI=1S/C77H149NO8/c1-6-8-10-12-14-16-18-20-22-24-26-28-30-32-34-36-37-38-40-41-43-45-47-49-51-53-55-57-59-61-63-65-67-74(79)84-71-73(72-85-77(76(81)82)83-70-69-78(3,4)5)86-75(80)68-66-64-62-60-58-56-54-52-50-48-46-44-42-39-35-33-31-29-27-25-23-21-19-17-15-13-11-9-7-2/h25,27,73,77H,6-24,26,28-72H2,1-5H3/b27-25-. The van der Waals surface area contributed by atoms with Crippen molar-refractivity contribution in [3.63, 3.8) is 0 Å². The Hall–Kier alpha value is -1.97. The number of carboxylic acid groups (broad SMARTS) is 1. The van der Waals surface area contributed by atoms with Gasteiger partial charge in [-0.2, -0.15) is 0 Å². The van der Waals surface area contributed by atoms with Crippen molar-refractivity contribution in [1.29, 1.82) is 0 Å². The summed E-state index contributed by atoms with van der Waals surface area (Å²) in [4.78, 5) is 37.5. The van der Waals surface area contributed by atoms with Crippen molar-refractivity contribution in [2.24, 2.45) is 0 Å². The quantitative estimate of drug-likeness (QED) is 0.0195. The summed E-state index contributed by atoms with van der Waals surface area (Å²) in [6.07, 6.45) is 81.9. The van der Waals surface area contributed by atoms with Gasteiger partial charge in [0, 0.05) is 12.8 Å². The van der Waals surface area contributed by atoms with Gasteiger partial charge in [0.1, 0.15) is 13.2 Å². The number of rotatable bonds is 73. The molecule has 0 aromatic carbocycles. The zero-order valence-corrected chi connectivity index (χ0v) is 58.5. The maximum Gasteiger partial charge on any atom is 0.306 e. The highest BCUT2D eigenvalue weighted by Crippen LogP contribution is 2.20. The average Bonchev–Trinajstić information content (AvgIpc) is 3.64. The van der Waals surface area contributed by atoms with E-state index in [1.165, 1.54) is 340 Å².